The normalized spacial score (nSPS) is 22.9. The lowest BCUT2D eigenvalue weighted by Crippen LogP contribution is -2.22. The fourth-order valence-electron chi connectivity index (χ4n) is 6.58. The van der Waals surface area contributed by atoms with E-state index in [0.717, 1.165) is 11.8 Å². The van der Waals surface area contributed by atoms with Crippen molar-refractivity contribution < 1.29 is 0 Å². The first-order chi connectivity index (χ1) is 18.8. The molecule has 0 saturated heterocycles. The van der Waals surface area contributed by atoms with Crippen LogP contribution in [0.15, 0.2) is 0 Å². The van der Waals surface area contributed by atoms with E-state index < -0.39 is 0 Å². The van der Waals surface area contributed by atoms with Crippen LogP contribution in [0.4, 0.5) is 5.95 Å². The topological polar surface area (TPSA) is 50.7 Å². The van der Waals surface area contributed by atoms with Crippen LogP contribution in [0.25, 0.3) is 0 Å². The second kappa shape index (κ2) is 20.9. The highest BCUT2D eigenvalue weighted by molar-refractivity contribution is 6.28. The van der Waals surface area contributed by atoms with Gasteiger partial charge in [0.1, 0.15) is 5.82 Å². The molecule has 1 heterocycles. The molecule has 2 aliphatic rings. The Balaban J connectivity index is 1.60. The highest BCUT2D eigenvalue weighted by atomic mass is 35.5. The molecule has 4 nitrogen and oxygen atoms in total. The van der Waals surface area contributed by atoms with Gasteiger partial charge in [0.05, 0.1) is 0 Å². The van der Waals surface area contributed by atoms with Gasteiger partial charge in [-0.1, -0.05) is 154 Å². The summed E-state index contributed by atoms with van der Waals surface area (Å²) < 4.78 is 0. The van der Waals surface area contributed by atoms with Crippen molar-refractivity contribution >= 4 is 17.5 Å². The molecule has 0 amide bonds. The van der Waals surface area contributed by atoms with Crippen LogP contribution in [0.3, 0.4) is 0 Å². The standard InChI is InChI=1S/C33H59ClN4/c34-32-36-31(29-25-21-17-13-9-5-1-2-6-10-14-18-22-26-29)37-33(38-32)35-30-27-23-19-15-11-7-3-4-8-12-16-20-24-28-30/h29-30H,1-28H2,(H,35,36,37,38). The highest BCUT2D eigenvalue weighted by Crippen LogP contribution is 2.29. The summed E-state index contributed by atoms with van der Waals surface area (Å²) >= 11 is 6.52. The summed E-state index contributed by atoms with van der Waals surface area (Å²) in [5, 5.41) is 4.10. The number of nitrogens with one attached hydrogen (secondary N) is 1. The third-order valence-corrected chi connectivity index (χ3v) is 9.20. The molecule has 0 spiro atoms. The molecule has 3 rings (SSSR count). The Bertz CT molecular complexity index is 680. The Morgan fingerprint density at radius 3 is 1.16 bits per heavy atom. The van der Waals surface area contributed by atoms with E-state index in [9.17, 15) is 0 Å². The predicted octanol–water partition coefficient (Wildman–Crippen LogP) is 11.3. The van der Waals surface area contributed by atoms with Crippen LogP contribution >= 0.6 is 11.6 Å². The quantitative estimate of drug-likeness (QED) is 0.409. The van der Waals surface area contributed by atoms with Gasteiger partial charge < -0.3 is 5.32 Å². The van der Waals surface area contributed by atoms with Gasteiger partial charge >= 0.3 is 0 Å². The molecule has 1 aromatic rings. The van der Waals surface area contributed by atoms with Crippen LogP contribution in [0.2, 0.25) is 5.28 Å². The van der Waals surface area contributed by atoms with Crippen LogP contribution in [-0.2, 0) is 0 Å². The van der Waals surface area contributed by atoms with Crippen LogP contribution in [0, 0.1) is 0 Å². The second-order valence-corrected chi connectivity index (χ2v) is 12.8. The lowest BCUT2D eigenvalue weighted by molar-refractivity contribution is 0.474. The Morgan fingerprint density at radius 1 is 0.421 bits per heavy atom. The van der Waals surface area contributed by atoms with Gasteiger partial charge in [-0.25, -0.2) is 4.98 Å². The average Bonchev–Trinajstić information content (AvgIpc) is 2.92. The molecular weight excluding hydrogens is 488 g/mol. The van der Waals surface area contributed by atoms with Crippen molar-refractivity contribution in [2.45, 2.75) is 192 Å². The summed E-state index contributed by atoms with van der Waals surface area (Å²) in [6, 6.07) is 0.444. The van der Waals surface area contributed by atoms with Crippen molar-refractivity contribution in [1.29, 1.82) is 0 Å². The van der Waals surface area contributed by atoms with Crippen LogP contribution < -0.4 is 5.32 Å². The largest absolute Gasteiger partial charge is 0.351 e. The molecule has 0 aliphatic heterocycles. The predicted molar refractivity (Wildman–Crippen MR) is 164 cm³/mol. The molecule has 0 radical (unpaired) electrons. The minimum atomic E-state index is 0.366. The summed E-state index contributed by atoms with van der Waals surface area (Å²) in [6.45, 7) is 0. The van der Waals surface area contributed by atoms with Gasteiger partial charge in [-0.2, -0.15) is 9.97 Å². The SMILES string of the molecule is Clc1nc(NC2CCCCCCCCCCCCCC2)nc(C2CCCCCCCCCCCCCC2)n1. The maximum absolute atomic E-state index is 6.52. The van der Waals surface area contributed by atoms with Crippen molar-refractivity contribution in [2.24, 2.45) is 0 Å². The van der Waals surface area contributed by atoms with E-state index in [4.69, 9.17) is 16.6 Å². The molecule has 2 fully saturated rings. The Labute approximate surface area is 240 Å². The van der Waals surface area contributed by atoms with Crippen molar-refractivity contribution in [3.8, 4) is 0 Å². The monoisotopic (exact) mass is 546 g/mol. The summed E-state index contributed by atoms with van der Waals surface area (Å²) in [4.78, 5) is 14.3. The van der Waals surface area contributed by atoms with Gasteiger partial charge in [-0.05, 0) is 37.3 Å². The van der Waals surface area contributed by atoms with Crippen molar-refractivity contribution in [1.82, 2.24) is 15.0 Å². The Hall–Kier alpha value is -0.900. The fourth-order valence-corrected chi connectivity index (χ4v) is 6.75. The van der Waals surface area contributed by atoms with Gasteiger partial charge in [0.2, 0.25) is 11.2 Å². The average molecular weight is 547 g/mol. The van der Waals surface area contributed by atoms with E-state index in [0.29, 0.717) is 17.2 Å². The number of hydrogen-bond acceptors (Lipinski definition) is 4. The fraction of sp³-hybridized carbons (Fsp3) is 0.909. The van der Waals surface area contributed by atoms with Gasteiger partial charge in [0.25, 0.3) is 0 Å². The van der Waals surface area contributed by atoms with Crippen LogP contribution in [-0.4, -0.2) is 21.0 Å². The molecule has 2 saturated carbocycles. The third kappa shape index (κ3) is 14.5. The number of nitrogens with zero attached hydrogens (tertiary/aromatic N) is 3. The maximum atomic E-state index is 6.52. The van der Waals surface area contributed by atoms with E-state index in [1.807, 2.05) is 0 Å². The number of hydrogen-bond donors (Lipinski definition) is 1. The number of anilines is 1. The third-order valence-electron chi connectivity index (χ3n) is 9.03. The van der Waals surface area contributed by atoms with Crippen molar-refractivity contribution in [3.63, 3.8) is 0 Å². The van der Waals surface area contributed by atoms with Crippen molar-refractivity contribution in [3.05, 3.63) is 11.1 Å². The zero-order valence-electron chi connectivity index (χ0n) is 24.7. The molecular formula is C33H59ClN4. The first-order valence-corrected chi connectivity index (χ1v) is 17.4. The molecule has 0 aromatic carbocycles. The smallest absolute Gasteiger partial charge is 0.227 e. The maximum Gasteiger partial charge on any atom is 0.227 e. The Morgan fingerprint density at radius 2 is 0.763 bits per heavy atom. The zero-order valence-corrected chi connectivity index (χ0v) is 25.4. The van der Waals surface area contributed by atoms with Crippen molar-refractivity contribution in [2.75, 3.05) is 5.32 Å². The molecule has 0 atom stereocenters. The summed E-state index contributed by atoms with van der Waals surface area (Å²) in [5.74, 6) is 2.07. The van der Waals surface area contributed by atoms with E-state index >= 15 is 0 Å². The van der Waals surface area contributed by atoms with Gasteiger partial charge in [-0.3, -0.25) is 0 Å². The van der Waals surface area contributed by atoms with Gasteiger partial charge in [0, 0.05) is 12.0 Å². The summed E-state index contributed by atoms with van der Waals surface area (Å²) in [7, 11) is 0. The highest BCUT2D eigenvalue weighted by Gasteiger charge is 2.19. The first-order valence-electron chi connectivity index (χ1n) is 17.0. The van der Waals surface area contributed by atoms with E-state index in [1.54, 1.807) is 0 Å². The molecule has 1 N–H and O–H groups in total. The van der Waals surface area contributed by atoms with Gasteiger partial charge in [0.15, 0.2) is 0 Å². The second-order valence-electron chi connectivity index (χ2n) is 12.5. The molecule has 0 bridgehead atoms. The molecule has 1 aromatic heterocycles. The molecule has 38 heavy (non-hydrogen) atoms. The molecule has 0 unspecified atom stereocenters. The number of rotatable bonds is 3. The Kier molecular flexibility index (Phi) is 17.4. The minimum Gasteiger partial charge on any atom is -0.351 e. The van der Waals surface area contributed by atoms with Crippen LogP contribution in [0.5, 0.6) is 0 Å². The lowest BCUT2D eigenvalue weighted by atomic mass is 9.93. The number of halogens is 1. The molecule has 218 valence electrons. The lowest BCUT2D eigenvalue weighted by Gasteiger charge is -2.21. The minimum absolute atomic E-state index is 0.366. The molecule has 2 aliphatic carbocycles. The van der Waals surface area contributed by atoms with E-state index in [1.165, 1.54) is 180 Å². The zero-order chi connectivity index (χ0) is 26.5. The van der Waals surface area contributed by atoms with E-state index in [-0.39, 0.29) is 0 Å². The van der Waals surface area contributed by atoms with Crippen LogP contribution in [0.1, 0.15) is 192 Å². The van der Waals surface area contributed by atoms with E-state index in [2.05, 4.69) is 15.3 Å². The summed E-state index contributed by atoms with van der Waals surface area (Å²) in [5.41, 5.74) is 0. The summed E-state index contributed by atoms with van der Waals surface area (Å²) in [6.07, 6.45) is 37.9. The molecule has 5 heteroatoms. The first kappa shape index (κ1) is 31.6. The van der Waals surface area contributed by atoms with Gasteiger partial charge in [-0.15, -0.1) is 0 Å². The number of aromatic nitrogens is 3.